The van der Waals surface area contributed by atoms with Crippen molar-refractivity contribution >= 4 is 27.6 Å². The zero-order chi connectivity index (χ0) is 15.6. The fourth-order valence-electron chi connectivity index (χ4n) is 1.53. The van der Waals surface area contributed by atoms with E-state index >= 15 is 0 Å². The molecule has 0 amide bonds. The third-order valence-electron chi connectivity index (χ3n) is 2.70. The van der Waals surface area contributed by atoms with Gasteiger partial charge in [0.15, 0.2) is 0 Å². The maximum atomic E-state index is 12.3. The molecule has 0 fully saturated rings. The quantitative estimate of drug-likeness (QED) is 0.864. The molecule has 0 saturated heterocycles. The Labute approximate surface area is 124 Å². The van der Waals surface area contributed by atoms with E-state index in [1.54, 1.807) is 20.8 Å². The lowest BCUT2D eigenvalue weighted by Crippen LogP contribution is -2.49. The van der Waals surface area contributed by atoms with Crippen LogP contribution in [0, 0.1) is 5.41 Å². The summed E-state index contributed by atoms with van der Waals surface area (Å²) in [5.74, 6) is -0.630. The number of carbonyl (C=O) groups excluding carboxylic acids is 1. The summed E-state index contributed by atoms with van der Waals surface area (Å²) in [5, 5.41) is 0.435. The SMILES string of the molecule is COC(=O)C(NS(=O)(=O)c1ccc(Cl)cc1)C(C)(C)C. The first kappa shape index (κ1) is 16.9. The van der Waals surface area contributed by atoms with Crippen molar-refractivity contribution in [3.05, 3.63) is 29.3 Å². The van der Waals surface area contributed by atoms with Gasteiger partial charge in [-0.25, -0.2) is 8.42 Å². The second kappa shape index (κ2) is 6.11. The van der Waals surface area contributed by atoms with Gasteiger partial charge in [0.2, 0.25) is 10.0 Å². The Kier molecular flexibility index (Phi) is 5.18. The Balaban J connectivity index is 3.09. The lowest BCUT2D eigenvalue weighted by molar-refractivity contribution is -0.145. The van der Waals surface area contributed by atoms with E-state index in [0.717, 1.165) is 0 Å². The van der Waals surface area contributed by atoms with Crippen molar-refractivity contribution in [1.82, 2.24) is 4.72 Å². The van der Waals surface area contributed by atoms with Crippen molar-refractivity contribution < 1.29 is 17.9 Å². The molecule has 1 rings (SSSR count). The molecule has 112 valence electrons. The van der Waals surface area contributed by atoms with Gasteiger partial charge in [-0.3, -0.25) is 4.79 Å². The number of rotatable bonds is 4. The predicted molar refractivity (Wildman–Crippen MR) is 77.0 cm³/mol. The van der Waals surface area contributed by atoms with Crippen LogP contribution in [0.2, 0.25) is 5.02 Å². The number of ether oxygens (including phenoxy) is 1. The molecule has 0 bridgehead atoms. The highest BCUT2D eigenvalue weighted by Crippen LogP contribution is 2.23. The van der Waals surface area contributed by atoms with E-state index < -0.39 is 27.4 Å². The molecule has 20 heavy (non-hydrogen) atoms. The highest BCUT2D eigenvalue weighted by atomic mass is 35.5. The van der Waals surface area contributed by atoms with Crippen molar-refractivity contribution in [2.45, 2.75) is 31.7 Å². The molecule has 0 aliphatic heterocycles. The molecular weight excluding hydrogens is 302 g/mol. The maximum absolute atomic E-state index is 12.3. The van der Waals surface area contributed by atoms with Gasteiger partial charge in [0, 0.05) is 5.02 Å². The summed E-state index contributed by atoms with van der Waals surface area (Å²) in [7, 11) is -2.60. The average Bonchev–Trinajstić information content (AvgIpc) is 2.34. The largest absolute Gasteiger partial charge is 0.468 e. The monoisotopic (exact) mass is 319 g/mol. The number of esters is 1. The van der Waals surface area contributed by atoms with Gasteiger partial charge in [-0.2, -0.15) is 4.72 Å². The topological polar surface area (TPSA) is 72.5 Å². The highest BCUT2D eigenvalue weighted by Gasteiger charge is 2.36. The van der Waals surface area contributed by atoms with Gasteiger partial charge < -0.3 is 4.74 Å². The molecule has 0 aromatic heterocycles. The van der Waals surface area contributed by atoms with Crippen LogP contribution in [0.5, 0.6) is 0 Å². The van der Waals surface area contributed by atoms with Crippen LogP contribution in [0.1, 0.15) is 20.8 Å². The summed E-state index contributed by atoms with van der Waals surface area (Å²) in [6, 6.07) is 4.72. The Morgan fingerprint density at radius 3 is 2.15 bits per heavy atom. The molecule has 1 aromatic rings. The fraction of sp³-hybridized carbons (Fsp3) is 0.462. The van der Waals surface area contributed by atoms with E-state index in [1.807, 2.05) is 0 Å². The predicted octanol–water partition coefficient (Wildman–Crippen LogP) is 2.21. The first-order valence-electron chi connectivity index (χ1n) is 5.93. The van der Waals surface area contributed by atoms with Gasteiger partial charge in [0.1, 0.15) is 6.04 Å². The number of halogens is 1. The molecule has 1 N–H and O–H groups in total. The fourth-order valence-corrected chi connectivity index (χ4v) is 3.05. The Hall–Kier alpha value is -1.11. The number of benzene rings is 1. The number of hydrogen-bond donors (Lipinski definition) is 1. The Morgan fingerprint density at radius 2 is 1.75 bits per heavy atom. The molecule has 1 atom stereocenters. The molecule has 1 aromatic carbocycles. The molecule has 5 nitrogen and oxygen atoms in total. The van der Waals surface area contributed by atoms with Crippen LogP contribution in [-0.4, -0.2) is 27.5 Å². The first-order chi connectivity index (χ1) is 9.08. The number of sulfonamides is 1. The molecule has 0 saturated carbocycles. The van der Waals surface area contributed by atoms with Gasteiger partial charge in [-0.1, -0.05) is 32.4 Å². The van der Waals surface area contributed by atoms with Crippen LogP contribution in [0.25, 0.3) is 0 Å². The van der Waals surface area contributed by atoms with E-state index in [2.05, 4.69) is 9.46 Å². The van der Waals surface area contributed by atoms with Crippen molar-refractivity contribution in [3.63, 3.8) is 0 Å². The summed E-state index contributed by atoms with van der Waals surface area (Å²) >= 11 is 5.72. The molecule has 0 radical (unpaired) electrons. The Bertz CT molecular complexity index is 575. The van der Waals surface area contributed by atoms with E-state index in [0.29, 0.717) is 5.02 Å². The first-order valence-corrected chi connectivity index (χ1v) is 7.80. The van der Waals surface area contributed by atoms with Crippen molar-refractivity contribution in [2.75, 3.05) is 7.11 Å². The van der Waals surface area contributed by atoms with Crippen molar-refractivity contribution in [1.29, 1.82) is 0 Å². The van der Waals surface area contributed by atoms with Crippen molar-refractivity contribution in [2.24, 2.45) is 5.41 Å². The standard InChI is InChI=1S/C13H18ClNO4S/c1-13(2,3)11(12(16)19-4)15-20(17,18)10-7-5-9(14)6-8-10/h5-8,11,15H,1-4H3. The average molecular weight is 320 g/mol. The summed E-state index contributed by atoms with van der Waals surface area (Å²) in [6.07, 6.45) is 0. The molecule has 0 spiro atoms. The molecule has 0 aliphatic rings. The molecule has 1 unspecified atom stereocenters. The summed E-state index contributed by atoms with van der Waals surface area (Å²) < 4.78 is 31.5. The molecule has 7 heteroatoms. The van der Waals surface area contributed by atoms with Gasteiger partial charge in [0.05, 0.1) is 12.0 Å². The third-order valence-corrected chi connectivity index (χ3v) is 4.39. The Morgan fingerprint density at radius 1 is 1.25 bits per heavy atom. The van der Waals surface area contributed by atoms with Gasteiger partial charge in [-0.05, 0) is 29.7 Å². The van der Waals surface area contributed by atoms with Gasteiger partial charge >= 0.3 is 5.97 Å². The summed E-state index contributed by atoms with van der Waals surface area (Å²) in [4.78, 5) is 11.8. The number of carbonyl (C=O) groups is 1. The lowest BCUT2D eigenvalue weighted by Gasteiger charge is -2.28. The minimum absolute atomic E-state index is 0.0417. The van der Waals surface area contributed by atoms with Gasteiger partial charge in [-0.15, -0.1) is 0 Å². The van der Waals surface area contributed by atoms with Crippen LogP contribution < -0.4 is 4.72 Å². The lowest BCUT2D eigenvalue weighted by atomic mass is 9.87. The summed E-state index contributed by atoms with van der Waals surface area (Å²) in [5.41, 5.74) is -0.618. The molecule has 0 aliphatic carbocycles. The van der Waals surface area contributed by atoms with E-state index in [-0.39, 0.29) is 4.90 Å². The highest BCUT2D eigenvalue weighted by molar-refractivity contribution is 7.89. The van der Waals surface area contributed by atoms with Crippen LogP contribution >= 0.6 is 11.6 Å². The van der Waals surface area contributed by atoms with Crippen molar-refractivity contribution in [3.8, 4) is 0 Å². The minimum atomic E-state index is -3.82. The second-order valence-electron chi connectivity index (χ2n) is 5.40. The van der Waals surface area contributed by atoms with Gasteiger partial charge in [0.25, 0.3) is 0 Å². The van der Waals surface area contributed by atoms with E-state index in [9.17, 15) is 13.2 Å². The van der Waals surface area contributed by atoms with Crippen LogP contribution in [0.4, 0.5) is 0 Å². The van der Waals surface area contributed by atoms with E-state index in [4.69, 9.17) is 11.6 Å². The smallest absolute Gasteiger partial charge is 0.324 e. The number of nitrogens with one attached hydrogen (secondary N) is 1. The normalized spacial score (nSPS) is 13.8. The minimum Gasteiger partial charge on any atom is -0.468 e. The molecular formula is C13H18ClNO4S. The maximum Gasteiger partial charge on any atom is 0.324 e. The van der Waals surface area contributed by atoms with Crippen LogP contribution in [0.15, 0.2) is 29.2 Å². The number of methoxy groups -OCH3 is 1. The molecule has 0 heterocycles. The zero-order valence-corrected chi connectivity index (χ0v) is 13.4. The van der Waals surface area contributed by atoms with E-state index in [1.165, 1.54) is 31.4 Å². The summed E-state index contributed by atoms with van der Waals surface area (Å²) in [6.45, 7) is 5.25. The zero-order valence-electron chi connectivity index (χ0n) is 11.8. The third kappa shape index (κ3) is 4.19. The second-order valence-corrected chi connectivity index (χ2v) is 7.55. The number of hydrogen-bond acceptors (Lipinski definition) is 4. The van der Waals surface area contributed by atoms with Crippen LogP contribution in [-0.2, 0) is 19.6 Å². The van der Waals surface area contributed by atoms with Crippen LogP contribution in [0.3, 0.4) is 0 Å².